The minimum Gasteiger partial charge on any atom is -0.494 e. The maximum absolute atomic E-state index is 13.1. The highest BCUT2D eigenvalue weighted by molar-refractivity contribution is 5.89. The first-order chi connectivity index (χ1) is 13.3. The van der Waals surface area contributed by atoms with Crippen LogP contribution in [0.1, 0.15) is 39.7 Å². The van der Waals surface area contributed by atoms with Gasteiger partial charge in [-0.15, -0.1) is 24.8 Å². The monoisotopic (exact) mass is 461 g/mol. The molecule has 1 saturated carbocycles. The lowest BCUT2D eigenvalue weighted by molar-refractivity contribution is -0.180. The first-order valence-corrected chi connectivity index (χ1v) is 10.5. The van der Waals surface area contributed by atoms with Crippen LogP contribution in [0.2, 0.25) is 0 Å². The predicted octanol–water partition coefficient (Wildman–Crippen LogP) is 3.11. The standard InChI is InChI=1S/C22H35N3O3.2ClH/c1-5-27-18-9-7-17(8-10-18)16-24-11-13-25(14-12-24)20(26)22(23)15-19(28-6-2)21(22,3)4;;/h7-10,19H,5-6,11-16,23H2,1-4H3;2*1H. The van der Waals surface area contributed by atoms with E-state index in [1.165, 1.54) is 5.56 Å². The first kappa shape index (κ1) is 27.0. The summed E-state index contributed by atoms with van der Waals surface area (Å²) >= 11 is 0. The van der Waals surface area contributed by atoms with Crippen molar-refractivity contribution in [1.82, 2.24) is 9.80 Å². The van der Waals surface area contributed by atoms with Crippen molar-refractivity contribution in [2.24, 2.45) is 11.1 Å². The fourth-order valence-corrected chi connectivity index (χ4v) is 4.31. The average molecular weight is 462 g/mol. The highest BCUT2D eigenvalue weighted by Crippen LogP contribution is 2.50. The lowest BCUT2D eigenvalue weighted by Crippen LogP contribution is -2.76. The smallest absolute Gasteiger partial charge is 0.243 e. The van der Waals surface area contributed by atoms with Gasteiger partial charge in [0.05, 0.1) is 12.7 Å². The Morgan fingerprint density at radius 1 is 1.07 bits per heavy atom. The SMILES string of the molecule is CCOc1ccc(CN2CCN(C(=O)C3(N)CC(OCC)C3(C)C)CC2)cc1.Cl.Cl. The van der Waals surface area contributed by atoms with Crippen molar-refractivity contribution >= 4 is 30.7 Å². The maximum Gasteiger partial charge on any atom is 0.243 e. The molecule has 6 nitrogen and oxygen atoms in total. The summed E-state index contributed by atoms with van der Waals surface area (Å²) in [6.07, 6.45) is 0.673. The number of hydrogen-bond donors (Lipinski definition) is 1. The normalized spacial score (nSPS) is 25.5. The third-order valence-corrected chi connectivity index (χ3v) is 6.51. The van der Waals surface area contributed by atoms with Gasteiger partial charge in [0.2, 0.25) is 5.91 Å². The van der Waals surface area contributed by atoms with E-state index in [-0.39, 0.29) is 42.2 Å². The first-order valence-electron chi connectivity index (χ1n) is 10.5. The summed E-state index contributed by atoms with van der Waals surface area (Å²) < 4.78 is 11.3. The highest BCUT2D eigenvalue weighted by Gasteiger charge is 2.63. The van der Waals surface area contributed by atoms with Crippen molar-refractivity contribution in [3.63, 3.8) is 0 Å². The van der Waals surface area contributed by atoms with Gasteiger partial charge in [-0.25, -0.2) is 0 Å². The molecule has 0 aromatic heterocycles. The van der Waals surface area contributed by atoms with Crippen LogP contribution in [0.25, 0.3) is 0 Å². The lowest BCUT2D eigenvalue weighted by Gasteiger charge is -2.59. The Morgan fingerprint density at radius 2 is 1.67 bits per heavy atom. The molecule has 1 aromatic carbocycles. The van der Waals surface area contributed by atoms with E-state index in [0.717, 1.165) is 38.5 Å². The molecule has 1 aromatic rings. The van der Waals surface area contributed by atoms with Crippen LogP contribution in [0.5, 0.6) is 5.75 Å². The summed E-state index contributed by atoms with van der Waals surface area (Å²) in [5.74, 6) is 0.984. The van der Waals surface area contributed by atoms with Crippen LogP contribution < -0.4 is 10.5 Å². The number of ether oxygens (including phenoxy) is 2. The Balaban J connectivity index is 0.00000225. The Bertz CT molecular complexity index is 679. The Morgan fingerprint density at radius 3 is 2.17 bits per heavy atom. The Kier molecular flexibility index (Phi) is 9.90. The molecule has 3 rings (SSSR count). The molecule has 30 heavy (non-hydrogen) atoms. The van der Waals surface area contributed by atoms with Gasteiger partial charge < -0.3 is 20.1 Å². The van der Waals surface area contributed by atoms with E-state index in [1.54, 1.807) is 0 Å². The molecule has 0 spiro atoms. The van der Waals surface area contributed by atoms with Crippen LogP contribution in [0.3, 0.4) is 0 Å². The number of rotatable bonds is 7. The lowest BCUT2D eigenvalue weighted by atomic mass is 9.54. The zero-order chi connectivity index (χ0) is 20.4. The van der Waals surface area contributed by atoms with Crippen molar-refractivity contribution in [3.05, 3.63) is 29.8 Å². The van der Waals surface area contributed by atoms with Gasteiger partial charge in [0, 0.05) is 51.2 Å². The molecule has 2 fully saturated rings. The van der Waals surface area contributed by atoms with Crippen molar-refractivity contribution in [2.75, 3.05) is 39.4 Å². The van der Waals surface area contributed by atoms with Crippen LogP contribution >= 0.6 is 24.8 Å². The fraction of sp³-hybridized carbons (Fsp3) is 0.682. The zero-order valence-electron chi connectivity index (χ0n) is 18.6. The van der Waals surface area contributed by atoms with E-state index in [4.69, 9.17) is 15.2 Å². The number of halogens is 2. The second-order valence-corrected chi connectivity index (χ2v) is 8.49. The molecule has 1 aliphatic carbocycles. The molecule has 1 heterocycles. The number of piperazine rings is 1. The predicted molar refractivity (Wildman–Crippen MR) is 125 cm³/mol. The van der Waals surface area contributed by atoms with E-state index in [1.807, 2.05) is 30.9 Å². The number of carbonyl (C=O) groups is 1. The number of nitrogens with two attached hydrogens (primary N) is 1. The molecular formula is C22H37Cl2N3O3. The topological polar surface area (TPSA) is 68.0 Å². The second-order valence-electron chi connectivity index (χ2n) is 8.49. The Labute approximate surface area is 193 Å². The molecule has 2 N–H and O–H groups in total. The quantitative estimate of drug-likeness (QED) is 0.675. The zero-order valence-corrected chi connectivity index (χ0v) is 20.2. The second kappa shape index (κ2) is 11.0. The van der Waals surface area contributed by atoms with Gasteiger partial charge in [-0.3, -0.25) is 9.69 Å². The molecule has 2 atom stereocenters. The van der Waals surface area contributed by atoms with Gasteiger partial charge in [0.1, 0.15) is 11.3 Å². The summed E-state index contributed by atoms with van der Waals surface area (Å²) in [5, 5.41) is 0. The number of carbonyl (C=O) groups excluding carboxylic acids is 1. The van der Waals surface area contributed by atoms with Gasteiger partial charge in [-0.1, -0.05) is 26.0 Å². The third kappa shape index (κ3) is 5.22. The van der Waals surface area contributed by atoms with E-state index in [0.29, 0.717) is 19.6 Å². The molecule has 0 bridgehead atoms. The third-order valence-electron chi connectivity index (χ3n) is 6.51. The average Bonchev–Trinajstić information content (AvgIpc) is 2.69. The molecule has 0 radical (unpaired) electrons. The van der Waals surface area contributed by atoms with Crippen LogP contribution in [0, 0.1) is 5.41 Å². The molecule has 8 heteroatoms. The largest absolute Gasteiger partial charge is 0.494 e. The molecule has 1 aliphatic heterocycles. The van der Waals surface area contributed by atoms with E-state index >= 15 is 0 Å². The van der Waals surface area contributed by atoms with E-state index in [2.05, 4.69) is 30.9 Å². The summed E-state index contributed by atoms with van der Waals surface area (Å²) in [5.41, 5.74) is 6.69. The Hall–Kier alpha value is -1.05. The van der Waals surface area contributed by atoms with Gasteiger partial charge in [0.15, 0.2) is 0 Å². The van der Waals surface area contributed by atoms with Crippen molar-refractivity contribution in [1.29, 1.82) is 0 Å². The van der Waals surface area contributed by atoms with Crippen molar-refractivity contribution in [2.45, 2.75) is 52.3 Å². The van der Waals surface area contributed by atoms with Gasteiger partial charge in [-0.05, 0) is 31.5 Å². The van der Waals surface area contributed by atoms with Crippen LogP contribution in [-0.4, -0.2) is 66.7 Å². The summed E-state index contributed by atoms with van der Waals surface area (Å²) in [6, 6.07) is 8.26. The number of benzene rings is 1. The molecule has 1 saturated heterocycles. The van der Waals surface area contributed by atoms with Gasteiger partial charge in [-0.2, -0.15) is 0 Å². The summed E-state index contributed by atoms with van der Waals surface area (Å²) in [4.78, 5) is 17.5. The van der Waals surface area contributed by atoms with E-state index in [9.17, 15) is 4.79 Å². The number of hydrogen-bond acceptors (Lipinski definition) is 5. The minimum absolute atomic E-state index is 0. The van der Waals surface area contributed by atoms with Crippen LogP contribution in [0.15, 0.2) is 24.3 Å². The van der Waals surface area contributed by atoms with Gasteiger partial charge in [0.25, 0.3) is 0 Å². The highest BCUT2D eigenvalue weighted by atomic mass is 35.5. The van der Waals surface area contributed by atoms with Crippen LogP contribution in [0.4, 0.5) is 0 Å². The number of amides is 1. The molecule has 2 unspecified atom stereocenters. The molecular weight excluding hydrogens is 425 g/mol. The van der Waals surface area contributed by atoms with Crippen molar-refractivity contribution in [3.8, 4) is 5.75 Å². The van der Waals surface area contributed by atoms with Crippen LogP contribution in [-0.2, 0) is 16.1 Å². The van der Waals surface area contributed by atoms with Crippen molar-refractivity contribution < 1.29 is 14.3 Å². The fourth-order valence-electron chi connectivity index (χ4n) is 4.31. The minimum atomic E-state index is -0.815. The van der Waals surface area contributed by atoms with Gasteiger partial charge >= 0.3 is 0 Å². The summed E-state index contributed by atoms with van der Waals surface area (Å²) in [7, 11) is 0. The summed E-state index contributed by atoms with van der Waals surface area (Å²) in [6.45, 7) is 13.5. The molecule has 1 amide bonds. The number of nitrogens with zero attached hydrogens (tertiary/aromatic N) is 2. The maximum atomic E-state index is 13.1. The molecule has 172 valence electrons. The van der Waals surface area contributed by atoms with E-state index < -0.39 is 5.54 Å². The molecule has 2 aliphatic rings.